The van der Waals surface area contributed by atoms with E-state index in [1.807, 2.05) is 21.9 Å². The summed E-state index contributed by atoms with van der Waals surface area (Å²) in [4.78, 5) is 31.9. The van der Waals surface area contributed by atoms with Crippen molar-refractivity contribution in [3.63, 3.8) is 0 Å². The van der Waals surface area contributed by atoms with Crippen LogP contribution in [0.15, 0.2) is 18.2 Å². The molecule has 0 saturated carbocycles. The van der Waals surface area contributed by atoms with Gasteiger partial charge in [-0.1, -0.05) is 26.2 Å². The Morgan fingerprint density at radius 1 is 1.00 bits per heavy atom. The number of carbonyl (C=O) groups is 2. The molecule has 7 heteroatoms. The highest BCUT2D eigenvalue weighted by atomic mass is 16.5. The first-order valence-corrected chi connectivity index (χ1v) is 12.7. The van der Waals surface area contributed by atoms with Crippen molar-refractivity contribution < 1.29 is 19.1 Å². The third-order valence-corrected chi connectivity index (χ3v) is 6.81. The third kappa shape index (κ3) is 7.10. The standard InChI is InChI=1S/C26H41N3O4/c1-4-5-6-9-18-33-23-12-11-22(19-24(23)32-3)26(31)28-16-14-27(15-17-28)20-25(30)29-13-8-7-10-21(29)2/h11-12,19,21H,4-10,13-18,20H2,1-3H3. The molecule has 0 aromatic heterocycles. The van der Waals surface area contributed by atoms with Gasteiger partial charge in [0.05, 0.1) is 20.3 Å². The molecule has 7 nitrogen and oxygen atoms in total. The van der Waals surface area contributed by atoms with Gasteiger partial charge in [0.15, 0.2) is 11.5 Å². The largest absolute Gasteiger partial charge is 0.493 e. The maximum Gasteiger partial charge on any atom is 0.254 e. The topological polar surface area (TPSA) is 62.3 Å². The van der Waals surface area contributed by atoms with Crippen molar-refractivity contribution in [3.05, 3.63) is 23.8 Å². The number of unbranched alkanes of at least 4 members (excludes halogenated alkanes) is 3. The number of hydrogen-bond donors (Lipinski definition) is 0. The molecule has 3 rings (SSSR count). The summed E-state index contributed by atoms with van der Waals surface area (Å²) in [5.41, 5.74) is 0.608. The number of methoxy groups -OCH3 is 1. The second kappa shape index (κ2) is 12.8. The maximum absolute atomic E-state index is 13.1. The van der Waals surface area contributed by atoms with E-state index in [1.165, 1.54) is 19.3 Å². The van der Waals surface area contributed by atoms with E-state index in [0.717, 1.165) is 45.3 Å². The number of benzene rings is 1. The van der Waals surface area contributed by atoms with Gasteiger partial charge >= 0.3 is 0 Å². The van der Waals surface area contributed by atoms with Crippen LogP contribution in [0.2, 0.25) is 0 Å². The van der Waals surface area contributed by atoms with E-state index < -0.39 is 0 Å². The van der Waals surface area contributed by atoms with Crippen LogP contribution in [0.1, 0.15) is 69.2 Å². The Kier molecular flexibility index (Phi) is 9.85. The zero-order valence-corrected chi connectivity index (χ0v) is 20.7. The first-order chi connectivity index (χ1) is 16.0. The predicted molar refractivity (Wildman–Crippen MR) is 130 cm³/mol. The van der Waals surface area contributed by atoms with Crippen LogP contribution < -0.4 is 9.47 Å². The van der Waals surface area contributed by atoms with Gasteiger partial charge in [0.25, 0.3) is 5.91 Å². The molecule has 0 bridgehead atoms. The van der Waals surface area contributed by atoms with Crippen LogP contribution in [0.3, 0.4) is 0 Å². The Labute approximate surface area is 199 Å². The molecule has 1 aromatic rings. The second-order valence-electron chi connectivity index (χ2n) is 9.28. The van der Waals surface area contributed by atoms with Crippen LogP contribution in [0.25, 0.3) is 0 Å². The molecule has 0 spiro atoms. The van der Waals surface area contributed by atoms with E-state index in [1.54, 1.807) is 13.2 Å². The molecular weight excluding hydrogens is 418 g/mol. The van der Waals surface area contributed by atoms with Crippen molar-refractivity contribution in [3.8, 4) is 11.5 Å². The minimum atomic E-state index is -0.00146. The molecule has 2 heterocycles. The average Bonchev–Trinajstić information content (AvgIpc) is 2.84. The maximum atomic E-state index is 13.1. The highest BCUT2D eigenvalue weighted by Gasteiger charge is 2.28. The van der Waals surface area contributed by atoms with E-state index in [0.29, 0.717) is 49.3 Å². The predicted octanol–water partition coefficient (Wildman–Crippen LogP) is 3.81. The number of ether oxygens (including phenoxy) is 2. The number of rotatable bonds is 10. The van der Waals surface area contributed by atoms with Crippen LogP contribution in [0, 0.1) is 0 Å². The summed E-state index contributed by atoms with van der Waals surface area (Å²) in [6.07, 6.45) is 7.99. The molecule has 0 aliphatic carbocycles. The number of carbonyl (C=O) groups excluding carboxylic acids is 2. The summed E-state index contributed by atoms with van der Waals surface area (Å²) in [7, 11) is 1.60. The minimum absolute atomic E-state index is 0.00146. The lowest BCUT2D eigenvalue weighted by Crippen LogP contribution is -2.53. The Bertz CT molecular complexity index is 777. The third-order valence-electron chi connectivity index (χ3n) is 6.81. The summed E-state index contributed by atoms with van der Waals surface area (Å²) in [5.74, 6) is 1.49. The lowest BCUT2D eigenvalue weighted by atomic mass is 10.0. The van der Waals surface area contributed by atoms with Crippen LogP contribution in [0.4, 0.5) is 0 Å². The summed E-state index contributed by atoms with van der Waals surface area (Å²) in [5, 5.41) is 0. The Hall–Kier alpha value is -2.28. The lowest BCUT2D eigenvalue weighted by Gasteiger charge is -2.38. The molecule has 1 atom stereocenters. The van der Waals surface area contributed by atoms with Crippen LogP contribution in [0.5, 0.6) is 11.5 Å². The number of piperazine rings is 1. The smallest absolute Gasteiger partial charge is 0.254 e. The van der Waals surface area contributed by atoms with Gasteiger partial charge in [-0.3, -0.25) is 14.5 Å². The van der Waals surface area contributed by atoms with Crippen molar-refractivity contribution >= 4 is 11.8 Å². The molecule has 0 radical (unpaired) electrons. The van der Waals surface area contributed by atoms with E-state index in [2.05, 4.69) is 18.7 Å². The van der Waals surface area contributed by atoms with Crippen LogP contribution in [-0.4, -0.2) is 85.5 Å². The fourth-order valence-electron chi connectivity index (χ4n) is 4.67. The molecule has 2 aliphatic rings. The number of likely N-dealkylation sites (tertiary alicyclic amines) is 1. The van der Waals surface area contributed by atoms with Gasteiger partial charge in [-0.15, -0.1) is 0 Å². The summed E-state index contributed by atoms with van der Waals surface area (Å²) >= 11 is 0. The molecule has 1 aromatic carbocycles. The Morgan fingerprint density at radius 3 is 2.48 bits per heavy atom. The fraction of sp³-hybridized carbons (Fsp3) is 0.692. The molecule has 1 unspecified atom stereocenters. The van der Waals surface area contributed by atoms with Crippen molar-refractivity contribution in [2.75, 3.05) is 53.0 Å². The van der Waals surface area contributed by atoms with Gasteiger partial charge in [0, 0.05) is 44.3 Å². The molecule has 184 valence electrons. The number of amides is 2. The van der Waals surface area contributed by atoms with Gasteiger partial charge in [0.2, 0.25) is 5.91 Å². The first kappa shape index (κ1) is 25.3. The Morgan fingerprint density at radius 2 is 1.79 bits per heavy atom. The highest BCUT2D eigenvalue weighted by Crippen LogP contribution is 2.29. The van der Waals surface area contributed by atoms with E-state index in [4.69, 9.17) is 9.47 Å². The SMILES string of the molecule is CCCCCCOc1ccc(C(=O)N2CCN(CC(=O)N3CCCCC3C)CC2)cc1OC. The zero-order valence-electron chi connectivity index (χ0n) is 20.7. The fourth-order valence-corrected chi connectivity index (χ4v) is 4.67. The van der Waals surface area contributed by atoms with Crippen LogP contribution >= 0.6 is 0 Å². The number of nitrogens with zero attached hydrogens (tertiary/aromatic N) is 3. The van der Waals surface area contributed by atoms with E-state index in [9.17, 15) is 9.59 Å². The van der Waals surface area contributed by atoms with Crippen molar-refractivity contribution in [1.82, 2.24) is 14.7 Å². The number of piperidine rings is 1. The van der Waals surface area contributed by atoms with E-state index in [-0.39, 0.29) is 11.8 Å². The van der Waals surface area contributed by atoms with Crippen molar-refractivity contribution in [2.24, 2.45) is 0 Å². The molecule has 2 aliphatic heterocycles. The van der Waals surface area contributed by atoms with Crippen molar-refractivity contribution in [1.29, 1.82) is 0 Å². The lowest BCUT2D eigenvalue weighted by molar-refractivity contribution is -0.136. The molecular formula is C26H41N3O4. The molecule has 33 heavy (non-hydrogen) atoms. The second-order valence-corrected chi connectivity index (χ2v) is 9.28. The summed E-state index contributed by atoms with van der Waals surface area (Å²) < 4.78 is 11.4. The van der Waals surface area contributed by atoms with E-state index >= 15 is 0 Å². The van der Waals surface area contributed by atoms with Gasteiger partial charge in [0.1, 0.15) is 0 Å². The summed E-state index contributed by atoms with van der Waals surface area (Å²) in [6, 6.07) is 5.77. The van der Waals surface area contributed by atoms with Crippen molar-refractivity contribution in [2.45, 2.75) is 64.8 Å². The quantitative estimate of drug-likeness (QED) is 0.498. The average molecular weight is 460 g/mol. The normalized spacial score (nSPS) is 19.4. The Balaban J connectivity index is 1.49. The minimum Gasteiger partial charge on any atom is -0.493 e. The monoisotopic (exact) mass is 459 g/mol. The molecule has 2 amide bonds. The first-order valence-electron chi connectivity index (χ1n) is 12.7. The van der Waals surface area contributed by atoms with Gasteiger partial charge in [-0.05, 0) is 50.8 Å². The van der Waals surface area contributed by atoms with Gasteiger partial charge in [-0.25, -0.2) is 0 Å². The molecule has 2 saturated heterocycles. The zero-order chi connectivity index (χ0) is 23.6. The highest BCUT2D eigenvalue weighted by molar-refractivity contribution is 5.95. The van der Waals surface area contributed by atoms with Crippen LogP contribution in [-0.2, 0) is 4.79 Å². The van der Waals surface area contributed by atoms with Gasteiger partial charge in [-0.2, -0.15) is 0 Å². The molecule has 0 N–H and O–H groups in total. The van der Waals surface area contributed by atoms with Gasteiger partial charge < -0.3 is 19.3 Å². The molecule has 2 fully saturated rings. The number of hydrogen-bond acceptors (Lipinski definition) is 5. The summed E-state index contributed by atoms with van der Waals surface area (Å²) in [6.45, 7) is 8.99.